The van der Waals surface area contributed by atoms with Gasteiger partial charge in [-0.05, 0) is 57.7 Å². The number of nitrogens with one attached hydrogen (secondary N) is 1. The van der Waals surface area contributed by atoms with E-state index in [-0.39, 0.29) is 31.3 Å². The SMILES string of the molecule is C[C@H]1CCC[C@H](C)N1C(=O)CN1C(=O)N[C@](C)(c2ccc3c(c2)OCO3)C1=O. The lowest BCUT2D eigenvalue weighted by atomic mass is 9.91. The van der Waals surface area contributed by atoms with E-state index in [1.54, 1.807) is 30.0 Å². The molecule has 0 aromatic heterocycles. The molecule has 3 aliphatic rings. The van der Waals surface area contributed by atoms with Crippen LogP contribution in [-0.2, 0) is 15.1 Å². The van der Waals surface area contributed by atoms with E-state index >= 15 is 0 Å². The van der Waals surface area contributed by atoms with Gasteiger partial charge in [0.15, 0.2) is 11.5 Å². The van der Waals surface area contributed by atoms with Crippen molar-refractivity contribution < 1.29 is 23.9 Å². The minimum atomic E-state index is -1.25. The number of fused-ring (bicyclic) bond motifs is 1. The van der Waals surface area contributed by atoms with Gasteiger partial charge in [0.2, 0.25) is 12.7 Å². The van der Waals surface area contributed by atoms with Crippen molar-refractivity contribution in [3.8, 4) is 11.5 Å². The first kappa shape index (κ1) is 18.6. The molecule has 1 N–H and O–H groups in total. The van der Waals surface area contributed by atoms with Gasteiger partial charge in [-0.2, -0.15) is 0 Å². The highest BCUT2D eigenvalue weighted by atomic mass is 16.7. The van der Waals surface area contributed by atoms with Gasteiger partial charge in [0.25, 0.3) is 5.91 Å². The highest BCUT2D eigenvalue weighted by Crippen LogP contribution is 2.38. The summed E-state index contributed by atoms with van der Waals surface area (Å²) >= 11 is 0. The molecule has 3 atom stereocenters. The second-order valence-corrected chi connectivity index (χ2v) is 7.94. The molecule has 0 radical (unpaired) electrons. The number of hydrogen-bond acceptors (Lipinski definition) is 5. The van der Waals surface area contributed by atoms with Crippen LogP contribution in [0.2, 0.25) is 0 Å². The summed E-state index contributed by atoms with van der Waals surface area (Å²) in [4.78, 5) is 41.4. The number of amides is 4. The van der Waals surface area contributed by atoms with Crippen LogP contribution in [0.3, 0.4) is 0 Å². The summed E-state index contributed by atoms with van der Waals surface area (Å²) in [5.74, 6) is 0.496. The number of carbonyl (C=O) groups is 3. The molecule has 0 bridgehead atoms. The van der Waals surface area contributed by atoms with E-state index in [1.165, 1.54) is 0 Å². The molecule has 0 aliphatic carbocycles. The van der Waals surface area contributed by atoms with Crippen molar-refractivity contribution in [2.45, 2.75) is 57.7 Å². The van der Waals surface area contributed by atoms with Crippen LogP contribution in [0, 0.1) is 0 Å². The first-order chi connectivity index (χ1) is 13.3. The Kier molecular flexibility index (Phi) is 4.44. The number of rotatable bonds is 3. The summed E-state index contributed by atoms with van der Waals surface area (Å²) in [6.07, 6.45) is 2.95. The van der Waals surface area contributed by atoms with Crippen molar-refractivity contribution in [2.24, 2.45) is 0 Å². The summed E-state index contributed by atoms with van der Waals surface area (Å²) in [6, 6.07) is 4.80. The van der Waals surface area contributed by atoms with Crippen molar-refractivity contribution >= 4 is 17.8 Å². The summed E-state index contributed by atoms with van der Waals surface area (Å²) in [5.41, 5.74) is -0.665. The van der Waals surface area contributed by atoms with E-state index in [9.17, 15) is 14.4 Å². The molecule has 2 saturated heterocycles. The molecule has 3 aliphatic heterocycles. The van der Waals surface area contributed by atoms with Gasteiger partial charge in [-0.25, -0.2) is 4.79 Å². The van der Waals surface area contributed by atoms with Crippen LogP contribution in [0.5, 0.6) is 11.5 Å². The third-order valence-electron chi connectivity index (χ3n) is 6.00. The average molecular weight is 387 g/mol. The van der Waals surface area contributed by atoms with Crippen molar-refractivity contribution in [1.82, 2.24) is 15.1 Å². The van der Waals surface area contributed by atoms with Gasteiger partial charge in [-0.3, -0.25) is 14.5 Å². The maximum absolute atomic E-state index is 13.1. The lowest BCUT2D eigenvalue weighted by molar-refractivity contribution is -0.142. The largest absolute Gasteiger partial charge is 0.454 e. The number of ether oxygens (including phenoxy) is 2. The van der Waals surface area contributed by atoms with Crippen LogP contribution in [0.4, 0.5) is 4.79 Å². The Morgan fingerprint density at radius 2 is 1.86 bits per heavy atom. The van der Waals surface area contributed by atoms with Gasteiger partial charge < -0.3 is 19.7 Å². The summed E-state index contributed by atoms with van der Waals surface area (Å²) in [6.45, 7) is 5.54. The van der Waals surface area contributed by atoms with E-state index in [2.05, 4.69) is 5.32 Å². The van der Waals surface area contributed by atoms with E-state index in [0.29, 0.717) is 17.1 Å². The van der Waals surface area contributed by atoms with E-state index < -0.39 is 17.5 Å². The van der Waals surface area contributed by atoms with E-state index in [0.717, 1.165) is 24.2 Å². The van der Waals surface area contributed by atoms with E-state index in [1.807, 2.05) is 13.8 Å². The van der Waals surface area contributed by atoms with Crippen molar-refractivity contribution in [2.75, 3.05) is 13.3 Å². The number of carbonyl (C=O) groups excluding carboxylic acids is 3. The second kappa shape index (κ2) is 6.68. The average Bonchev–Trinajstić information content (AvgIpc) is 3.20. The molecule has 8 nitrogen and oxygen atoms in total. The topological polar surface area (TPSA) is 88.2 Å². The number of benzene rings is 1. The van der Waals surface area contributed by atoms with Gasteiger partial charge in [-0.1, -0.05) is 6.07 Å². The van der Waals surface area contributed by atoms with Crippen molar-refractivity contribution in [3.63, 3.8) is 0 Å². The zero-order valence-corrected chi connectivity index (χ0v) is 16.4. The Bertz CT molecular complexity index is 831. The van der Waals surface area contributed by atoms with E-state index in [4.69, 9.17) is 9.47 Å². The molecule has 3 heterocycles. The fourth-order valence-corrected chi connectivity index (χ4v) is 4.37. The maximum Gasteiger partial charge on any atom is 0.325 e. The maximum atomic E-state index is 13.1. The van der Waals surface area contributed by atoms with Crippen LogP contribution in [0.15, 0.2) is 18.2 Å². The molecule has 28 heavy (non-hydrogen) atoms. The third kappa shape index (κ3) is 2.87. The Morgan fingerprint density at radius 3 is 2.57 bits per heavy atom. The number of hydrogen-bond donors (Lipinski definition) is 1. The Labute approximate surface area is 163 Å². The highest BCUT2D eigenvalue weighted by molar-refractivity contribution is 6.09. The first-order valence-corrected chi connectivity index (χ1v) is 9.66. The van der Waals surface area contributed by atoms with Gasteiger partial charge in [0.05, 0.1) is 0 Å². The molecule has 4 rings (SSSR count). The number of piperidine rings is 1. The summed E-state index contributed by atoms with van der Waals surface area (Å²) in [5, 5.41) is 2.74. The van der Waals surface area contributed by atoms with Crippen LogP contribution in [0.1, 0.15) is 45.6 Å². The van der Waals surface area contributed by atoms with Crippen LogP contribution in [0.25, 0.3) is 0 Å². The number of urea groups is 1. The highest BCUT2D eigenvalue weighted by Gasteiger charge is 2.50. The van der Waals surface area contributed by atoms with Gasteiger partial charge in [0, 0.05) is 12.1 Å². The number of nitrogens with zero attached hydrogens (tertiary/aromatic N) is 2. The predicted octanol–water partition coefficient (Wildman–Crippen LogP) is 1.97. The lowest BCUT2D eigenvalue weighted by Gasteiger charge is -2.39. The second-order valence-electron chi connectivity index (χ2n) is 7.94. The van der Waals surface area contributed by atoms with Gasteiger partial charge >= 0.3 is 6.03 Å². The third-order valence-corrected chi connectivity index (χ3v) is 6.00. The standard InChI is InChI=1S/C20H25N3O5/c1-12-5-4-6-13(2)23(12)17(24)10-22-18(25)20(3,21-19(22)26)14-7-8-15-16(9-14)28-11-27-15/h7-9,12-13H,4-6,10-11H2,1-3H3,(H,21,26)/t12-,13-,20+/m0/s1. The van der Waals surface area contributed by atoms with Crippen LogP contribution in [-0.4, -0.2) is 53.1 Å². The normalized spacial score (nSPS) is 29.2. The van der Waals surface area contributed by atoms with Crippen LogP contribution >= 0.6 is 0 Å². The molecule has 1 aromatic carbocycles. The smallest absolute Gasteiger partial charge is 0.325 e. The van der Waals surface area contributed by atoms with Gasteiger partial charge in [0.1, 0.15) is 12.1 Å². The quantitative estimate of drug-likeness (QED) is 0.801. The Balaban J connectivity index is 1.54. The Hall–Kier alpha value is -2.77. The molecule has 1 aromatic rings. The molecular formula is C20H25N3O5. The molecule has 0 saturated carbocycles. The van der Waals surface area contributed by atoms with Crippen LogP contribution < -0.4 is 14.8 Å². The molecule has 2 fully saturated rings. The summed E-state index contributed by atoms with van der Waals surface area (Å²) < 4.78 is 10.7. The molecule has 0 spiro atoms. The number of imide groups is 1. The first-order valence-electron chi connectivity index (χ1n) is 9.66. The minimum absolute atomic E-state index is 0.109. The fraction of sp³-hybridized carbons (Fsp3) is 0.550. The summed E-state index contributed by atoms with van der Waals surface area (Å²) in [7, 11) is 0. The molecular weight excluding hydrogens is 362 g/mol. The van der Waals surface area contributed by atoms with Crippen molar-refractivity contribution in [1.29, 1.82) is 0 Å². The minimum Gasteiger partial charge on any atom is -0.454 e. The molecule has 0 unspecified atom stereocenters. The zero-order chi connectivity index (χ0) is 20.1. The molecule has 150 valence electrons. The predicted molar refractivity (Wildman–Crippen MR) is 99.8 cm³/mol. The zero-order valence-electron chi connectivity index (χ0n) is 16.4. The monoisotopic (exact) mass is 387 g/mol. The lowest BCUT2D eigenvalue weighted by Crippen LogP contribution is -2.52. The molecule has 4 amide bonds. The van der Waals surface area contributed by atoms with Crippen molar-refractivity contribution in [3.05, 3.63) is 23.8 Å². The number of likely N-dealkylation sites (tertiary alicyclic amines) is 1. The van der Waals surface area contributed by atoms with Gasteiger partial charge in [-0.15, -0.1) is 0 Å². The Morgan fingerprint density at radius 1 is 1.18 bits per heavy atom. The molecule has 8 heteroatoms. The fourth-order valence-electron chi connectivity index (χ4n) is 4.37.